The van der Waals surface area contributed by atoms with Crippen molar-refractivity contribution in [1.82, 2.24) is 15.1 Å². The summed E-state index contributed by atoms with van der Waals surface area (Å²) in [5, 5.41) is 7.25. The van der Waals surface area contributed by atoms with E-state index in [2.05, 4.69) is 10.2 Å². The van der Waals surface area contributed by atoms with Gasteiger partial charge in [-0.1, -0.05) is 30.3 Å². The van der Waals surface area contributed by atoms with Gasteiger partial charge in [-0.05, 0) is 19.4 Å². The summed E-state index contributed by atoms with van der Waals surface area (Å²) in [6.07, 6.45) is 0.871. The molecule has 2 aliphatic rings. The minimum Gasteiger partial charge on any atom is -0.370 e. The van der Waals surface area contributed by atoms with Gasteiger partial charge in [-0.25, -0.2) is 0 Å². The van der Waals surface area contributed by atoms with Crippen LogP contribution >= 0.6 is 0 Å². The third-order valence-electron chi connectivity index (χ3n) is 4.90. The lowest BCUT2D eigenvalue weighted by atomic mass is 9.98. The molecule has 6 nitrogen and oxygen atoms in total. The van der Waals surface area contributed by atoms with E-state index in [9.17, 15) is 4.79 Å². The van der Waals surface area contributed by atoms with E-state index in [-0.39, 0.29) is 24.2 Å². The van der Waals surface area contributed by atoms with E-state index in [0.29, 0.717) is 25.4 Å². The molecule has 2 aromatic rings. The Morgan fingerprint density at radius 2 is 2.08 bits per heavy atom. The third-order valence-corrected chi connectivity index (χ3v) is 4.90. The Balaban J connectivity index is 1.35. The van der Waals surface area contributed by atoms with Crippen molar-refractivity contribution in [2.75, 3.05) is 13.1 Å². The van der Waals surface area contributed by atoms with Crippen molar-refractivity contribution in [2.24, 2.45) is 0 Å². The Labute approximate surface area is 147 Å². The quantitative estimate of drug-likeness (QED) is 0.928. The highest BCUT2D eigenvalue weighted by Gasteiger charge is 2.36. The van der Waals surface area contributed by atoms with Crippen molar-refractivity contribution in [2.45, 2.75) is 45.2 Å². The first-order valence-electron chi connectivity index (χ1n) is 8.79. The summed E-state index contributed by atoms with van der Waals surface area (Å²) in [5.74, 6) is -0.0154. The molecule has 1 aromatic heterocycles. The van der Waals surface area contributed by atoms with E-state index in [1.54, 1.807) is 4.90 Å². The summed E-state index contributed by atoms with van der Waals surface area (Å²) in [4.78, 5) is 14.5. The van der Waals surface area contributed by atoms with Crippen LogP contribution in [0.25, 0.3) is 0 Å². The van der Waals surface area contributed by atoms with Crippen LogP contribution in [0, 0.1) is 0 Å². The molecule has 3 heterocycles. The molecule has 2 atom stereocenters. The molecule has 0 aliphatic carbocycles. The number of aromatic nitrogens is 2. The third kappa shape index (κ3) is 3.19. The Bertz CT molecular complexity index is 753. The molecule has 1 saturated heterocycles. The Kier molecular flexibility index (Phi) is 4.31. The van der Waals surface area contributed by atoms with Crippen molar-refractivity contribution in [3.8, 4) is 0 Å². The molecule has 1 N–H and O–H groups in total. The maximum Gasteiger partial charge on any atom is 0.274 e. The predicted octanol–water partition coefficient (Wildman–Crippen LogP) is 2.47. The van der Waals surface area contributed by atoms with Crippen LogP contribution in [0.2, 0.25) is 0 Å². The van der Waals surface area contributed by atoms with Crippen LogP contribution < -0.4 is 0 Å². The van der Waals surface area contributed by atoms with Gasteiger partial charge in [-0.3, -0.25) is 9.89 Å². The van der Waals surface area contributed by atoms with Gasteiger partial charge in [0.25, 0.3) is 5.91 Å². The number of carbonyl (C=O) groups is 1. The van der Waals surface area contributed by atoms with Crippen LogP contribution in [0.5, 0.6) is 0 Å². The number of hydrogen-bond acceptors (Lipinski definition) is 4. The number of aromatic amines is 1. The van der Waals surface area contributed by atoms with E-state index in [0.717, 1.165) is 23.2 Å². The lowest BCUT2D eigenvalue weighted by Crippen LogP contribution is -2.55. The summed E-state index contributed by atoms with van der Waals surface area (Å²) in [7, 11) is 0. The fourth-order valence-corrected chi connectivity index (χ4v) is 3.50. The molecule has 1 amide bonds. The second-order valence-electron chi connectivity index (χ2n) is 6.89. The number of nitrogens with one attached hydrogen (secondary N) is 1. The maximum atomic E-state index is 12.7. The number of H-pyrrole nitrogens is 1. The number of rotatable bonds is 4. The van der Waals surface area contributed by atoms with Crippen LogP contribution in [0.1, 0.15) is 47.3 Å². The second kappa shape index (κ2) is 6.61. The summed E-state index contributed by atoms with van der Waals surface area (Å²) < 4.78 is 11.6. The van der Waals surface area contributed by atoms with Gasteiger partial charge in [-0.2, -0.15) is 5.10 Å². The summed E-state index contributed by atoms with van der Waals surface area (Å²) in [6, 6.07) is 10.1. The highest BCUT2D eigenvalue weighted by atomic mass is 16.5. The monoisotopic (exact) mass is 341 g/mol. The second-order valence-corrected chi connectivity index (χ2v) is 6.89. The van der Waals surface area contributed by atoms with Crippen molar-refractivity contribution in [3.63, 3.8) is 0 Å². The van der Waals surface area contributed by atoms with E-state index in [1.165, 1.54) is 0 Å². The number of carbonyl (C=O) groups excluding carboxylic acids is 1. The maximum absolute atomic E-state index is 12.7. The first-order valence-corrected chi connectivity index (χ1v) is 8.79. The molecule has 0 unspecified atom stereocenters. The van der Waals surface area contributed by atoms with E-state index >= 15 is 0 Å². The normalized spacial score (nSPS) is 23.2. The number of fused-ring (bicyclic) bond motifs is 1. The molecule has 6 heteroatoms. The van der Waals surface area contributed by atoms with Crippen molar-refractivity contribution >= 4 is 5.91 Å². The van der Waals surface area contributed by atoms with E-state index < -0.39 is 0 Å². The number of benzene rings is 1. The Morgan fingerprint density at radius 1 is 1.32 bits per heavy atom. The largest absolute Gasteiger partial charge is 0.370 e. The van der Waals surface area contributed by atoms with Gasteiger partial charge in [0.05, 0.1) is 30.6 Å². The molecule has 1 aromatic carbocycles. The van der Waals surface area contributed by atoms with Gasteiger partial charge in [0.1, 0.15) is 0 Å². The Hall–Kier alpha value is -2.18. The van der Waals surface area contributed by atoms with Crippen molar-refractivity contribution < 1.29 is 14.3 Å². The minimum atomic E-state index is -0.0499. The van der Waals surface area contributed by atoms with Gasteiger partial charge in [0.2, 0.25) is 0 Å². The van der Waals surface area contributed by atoms with Crippen molar-refractivity contribution in [1.29, 1.82) is 0 Å². The van der Waals surface area contributed by atoms with Gasteiger partial charge < -0.3 is 14.4 Å². The fourth-order valence-electron chi connectivity index (χ4n) is 3.50. The van der Waals surface area contributed by atoms with Crippen LogP contribution in [0.4, 0.5) is 0 Å². The number of nitrogens with zero attached hydrogens (tertiary/aromatic N) is 2. The predicted molar refractivity (Wildman–Crippen MR) is 92.2 cm³/mol. The average Bonchev–Trinajstić information content (AvgIpc) is 2.98. The first-order chi connectivity index (χ1) is 12.1. The first kappa shape index (κ1) is 16.3. The zero-order chi connectivity index (χ0) is 17.4. The van der Waals surface area contributed by atoms with Gasteiger partial charge >= 0.3 is 0 Å². The molecule has 132 valence electrons. The topological polar surface area (TPSA) is 67.5 Å². The molecule has 0 spiro atoms. The van der Waals surface area contributed by atoms with Gasteiger partial charge in [0, 0.05) is 25.1 Å². The minimum absolute atomic E-state index is 0.0154. The standard InChI is InChI=1S/C19H23N3O3/c1-12-8-16-17(13(2)25-12)20-21-18(16)19(23)22-9-15(10-22)24-11-14-6-4-3-5-7-14/h3-7,12-13,15H,8-11H2,1-2H3,(H,20,21)/t12-,13+/m1/s1. The molecular formula is C19H23N3O3. The zero-order valence-electron chi connectivity index (χ0n) is 14.6. The fraction of sp³-hybridized carbons (Fsp3) is 0.474. The van der Waals surface area contributed by atoms with Crippen LogP contribution in [-0.4, -0.2) is 46.3 Å². The average molecular weight is 341 g/mol. The van der Waals surface area contributed by atoms with Gasteiger partial charge in [-0.15, -0.1) is 0 Å². The number of hydrogen-bond donors (Lipinski definition) is 1. The van der Waals surface area contributed by atoms with Gasteiger partial charge in [0.15, 0.2) is 5.69 Å². The Morgan fingerprint density at radius 3 is 2.84 bits per heavy atom. The van der Waals surface area contributed by atoms with Crippen LogP contribution in [-0.2, 0) is 22.5 Å². The van der Waals surface area contributed by atoms with Crippen molar-refractivity contribution in [3.05, 3.63) is 52.8 Å². The summed E-state index contributed by atoms with van der Waals surface area (Å²) >= 11 is 0. The molecule has 1 fully saturated rings. The zero-order valence-corrected chi connectivity index (χ0v) is 14.6. The highest BCUT2D eigenvalue weighted by molar-refractivity contribution is 5.94. The molecule has 2 aliphatic heterocycles. The molecule has 25 heavy (non-hydrogen) atoms. The molecule has 4 rings (SSSR count). The van der Waals surface area contributed by atoms with Crippen LogP contribution in [0.15, 0.2) is 30.3 Å². The summed E-state index contributed by atoms with van der Waals surface area (Å²) in [5.41, 5.74) is 3.62. The molecular weight excluding hydrogens is 318 g/mol. The SMILES string of the molecule is C[C@@H]1Cc2c(C(=O)N3CC(OCc4ccccc4)C3)n[nH]c2[C@H](C)O1. The number of amides is 1. The highest BCUT2D eigenvalue weighted by Crippen LogP contribution is 2.31. The lowest BCUT2D eigenvalue weighted by molar-refractivity contribution is -0.0506. The molecule has 0 bridgehead atoms. The summed E-state index contributed by atoms with van der Waals surface area (Å²) in [6.45, 7) is 5.83. The number of ether oxygens (including phenoxy) is 2. The van der Waals surface area contributed by atoms with E-state index in [4.69, 9.17) is 9.47 Å². The molecule has 0 radical (unpaired) electrons. The molecule has 0 saturated carbocycles. The lowest BCUT2D eigenvalue weighted by Gasteiger charge is -2.38. The van der Waals surface area contributed by atoms with Crippen LogP contribution in [0.3, 0.4) is 0 Å². The number of likely N-dealkylation sites (tertiary alicyclic amines) is 1. The van der Waals surface area contributed by atoms with E-state index in [1.807, 2.05) is 44.2 Å². The smallest absolute Gasteiger partial charge is 0.274 e.